The lowest BCUT2D eigenvalue weighted by Crippen LogP contribution is -2.48. The Bertz CT molecular complexity index is 689. The van der Waals surface area contributed by atoms with Crippen LogP contribution >= 0.6 is 0 Å². The maximum absolute atomic E-state index is 13.0. The van der Waals surface area contributed by atoms with Crippen molar-refractivity contribution in [3.63, 3.8) is 0 Å². The maximum Gasteiger partial charge on any atom is 0.253 e. The van der Waals surface area contributed by atoms with E-state index in [9.17, 15) is 4.79 Å². The van der Waals surface area contributed by atoms with E-state index in [0.29, 0.717) is 17.4 Å². The number of carbonyl (C=O) groups excluding carboxylic acids is 1. The van der Waals surface area contributed by atoms with Crippen molar-refractivity contribution in [2.75, 3.05) is 50.8 Å². The summed E-state index contributed by atoms with van der Waals surface area (Å²) in [5.74, 6) is 2.23. The van der Waals surface area contributed by atoms with Crippen LogP contribution in [-0.4, -0.2) is 67.8 Å². The molecule has 3 atom stereocenters. The van der Waals surface area contributed by atoms with Gasteiger partial charge < -0.3 is 19.9 Å². The zero-order valence-electron chi connectivity index (χ0n) is 19.2. The summed E-state index contributed by atoms with van der Waals surface area (Å²) in [6.45, 7) is 9.33. The zero-order valence-corrected chi connectivity index (χ0v) is 19.2. The second-order valence-corrected chi connectivity index (χ2v) is 9.65. The summed E-state index contributed by atoms with van der Waals surface area (Å²) in [6.07, 6.45) is 11.5. The molecule has 4 rings (SSSR count). The molecule has 31 heavy (non-hydrogen) atoms. The van der Waals surface area contributed by atoms with Crippen molar-refractivity contribution < 1.29 is 9.53 Å². The number of amides is 1. The summed E-state index contributed by atoms with van der Waals surface area (Å²) in [4.78, 5) is 22.4. The summed E-state index contributed by atoms with van der Waals surface area (Å²) in [5, 5.41) is 3.37. The van der Waals surface area contributed by atoms with Crippen LogP contribution in [-0.2, 0) is 4.74 Å². The Labute approximate surface area is 187 Å². The van der Waals surface area contributed by atoms with Crippen LogP contribution in [0.1, 0.15) is 68.6 Å². The molecule has 0 bridgehead atoms. The van der Waals surface area contributed by atoms with Gasteiger partial charge in [0.05, 0.1) is 12.2 Å². The van der Waals surface area contributed by atoms with Crippen LogP contribution in [0.25, 0.3) is 0 Å². The standard InChI is InChI=1S/C25H40N4O2/c1-2-31-19-20-8-7-13-28(17-20)18-22-9-3-4-10-23(22)27-25(30)21-11-12-24(26-16-21)29-14-5-6-15-29/h11-12,16,20,22-23H,2-10,13-15,17-19H2,1H3,(H,27,30)/t20-,22+,23-/m1/s1. The van der Waals surface area contributed by atoms with Crippen molar-refractivity contribution in [1.29, 1.82) is 0 Å². The number of nitrogens with zero attached hydrogens (tertiary/aromatic N) is 3. The van der Waals surface area contributed by atoms with Crippen LogP contribution in [0.4, 0.5) is 5.82 Å². The molecule has 6 nitrogen and oxygen atoms in total. The predicted molar refractivity (Wildman–Crippen MR) is 125 cm³/mol. The van der Waals surface area contributed by atoms with Crippen LogP contribution < -0.4 is 10.2 Å². The molecular formula is C25H40N4O2. The molecule has 6 heteroatoms. The third-order valence-electron chi connectivity index (χ3n) is 7.32. The first-order valence-corrected chi connectivity index (χ1v) is 12.5. The fourth-order valence-electron chi connectivity index (χ4n) is 5.59. The Morgan fingerprint density at radius 1 is 1.10 bits per heavy atom. The fourth-order valence-corrected chi connectivity index (χ4v) is 5.59. The van der Waals surface area contributed by atoms with Gasteiger partial charge in [-0.25, -0.2) is 4.98 Å². The van der Waals surface area contributed by atoms with Crippen LogP contribution in [0.3, 0.4) is 0 Å². The molecule has 1 saturated carbocycles. The van der Waals surface area contributed by atoms with Gasteiger partial charge in [-0.2, -0.15) is 0 Å². The molecule has 0 radical (unpaired) electrons. The van der Waals surface area contributed by atoms with Crippen LogP contribution in [0.2, 0.25) is 0 Å². The molecule has 0 spiro atoms. The van der Waals surface area contributed by atoms with E-state index in [2.05, 4.69) is 27.0 Å². The Kier molecular flexibility index (Phi) is 8.20. The Hall–Kier alpha value is -1.66. The lowest BCUT2D eigenvalue weighted by Gasteiger charge is -2.39. The first-order chi connectivity index (χ1) is 15.2. The second kappa shape index (κ2) is 11.3. The lowest BCUT2D eigenvalue weighted by molar-refractivity contribution is 0.0548. The smallest absolute Gasteiger partial charge is 0.253 e. The quantitative estimate of drug-likeness (QED) is 0.684. The molecule has 0 aromatic carbocycles. The number of carbonyl (C=O) groups is 1. The van der Waals surface area contributed by atoms with E-state index >= 15 is 0 Å². The van der Waals surface area contributed by atoms with Gasteiger partial charge in [-0.15, -0.1) is 0 Å². The number of likely N-dealkylation sites (tertiary alicyclic amines) is 1. The highest BCUT2D eigenvalue weighted by Crippen LogP contribution is 2.28. The molecule has 3 heterocycles. The number of anilines is 1. The summed E-state index contributed by atoms with van der Waals surface area (Å²) < 4.78 is 5.68. The number of rotatable bonds is 8. The van der Waals surface area contributed by atoms with Crippen molar-refractivity contribution >= 4 is 11.7 Å². The highest BCUT2D eigenvalue weighted by atomic mass is 16.5. The molecule has 2 aliphatic heterocycles. The molecule has 3 aliphatic rings. The highest BCUT2D eigenvalue weighted by molar-refractivity contribution is 5.94. The Morgan fingerprint density at radius 2 is 1.94 bits per heavy atom. The topological polar surface area (TPSA) is 57.7 Å². The highest BCUT2D eigenvalue weighted by Gasteiger charge is 2.30. The number of hydrogen-bond donors (Lipinski definition) is 1. The molecule has 1 amide bonds. The summed E-state index contributed by atoms with van der Waals surface area (Å²) in [6, 6.07) is 4.22. The van der Waals surface area contributed by atoms with E-state index in [1.165, 1.54) is 51.5 Å². The predicted octanol–water partition coefficient (Wildman–Crippen LogP) is 3.72. The van der Waals surface area contributed by atoms with Gasteiger partial charge in [0.1, 0.15) is 5.82 Å². The van der Waals surface area contributed by atoms with Gasteiger partial charge in [-0.3, -0.25) is 4.79 Å². The fraction of sp³-hybridized carbons (Fsp3) is 0.760. The van der Waals surface area contributed by atoms with E-state index in [1.54, 1.807) is 6.20 Å². The monoisotopic (exact) mass is 428 g/mol. The minimum Gasteiger partial charge on any atom is -0.381 e. The molecule has 1 aliphatic carbocycles. The number of nitrogens with one attached hydrogen (secondary N) is 1. The first-order valence-electron chi connectivity index (χ1n) is 12.5. The third-order valence-corrected chi connectivity index (χ3v) is 7.32. The Morgan fingerprint density at radius 3 is 2.71 bits per heavy atom. The normalized spacial score (nSPS) is 27.4. The lowest BCUT2D eigenvalue weighted by atomic mass is 9.83. The minimum absolute atomic E-state index is 0.0326. The van der Waals surface area contributed by atoms with Crippen LogP contribution in [0, 0.1) is 11.8 Å². The minimum atomic E-state index is 0.0326. The molecule has 172 valence electrons. The zero-order chi connectivity index (χ0) is 21.5. The van der Waals surface area contributed by atoms with Crippen LogP contribution in [0.5, 0.6) is 0 Å². The van der Waals surface area contributed by atoms with Crippen molar-refractivity contribution in [3.8, 4) is 0 Å². The van der Waals surface area contributed by atoms with E-state index in [1.807, 2.05) is 12.1 Å². The average Bonchev–Trinajstić information content (AvgIpc) is 3.34. The van der Waals surface area contributed by atoms with Gasteiger partial charge in [0.2, 0.25) is 0 Å². The summed E-state index contributed by atoms with van der Waals surface area (Å²) in [5.41, 5.74) is 0.682. The molecule has 2 saturated heterocycles. The van der Waals surface area contributed by atoms with Crippen molar-refractivity contribution in [1.82, 2.24) is 15.2 Å². The van der Waals surface area contributed by atoms with E-state index in [4.69, 9.17) is 4.74 Å². The van der Waals surface area contributed by atoms with Gasteiger partial charge in [0.15, 0.2) is 0 Å². The number of ether oxygens (including phenoxy) is 1. The van der Waals surface area contributed by atoms with Gasteiger partial charge in [-0.1, -0.05) is 12.8 Å². The largest absolute Gasteiger partial charge is 0.381 e. The van der Waals surface area contributed by atoms with Crippen molar-refractivity contribution in [2.24, 2.45) is 11.8 Å². The van der Waals surface area contributed by atoms with Crippen molar-refractivity contribution in [3.05, 3.63) is 23.9 Å². The van der Waals surface area contributed by atoms with Crippen LogP contribution in [0.15, 0.2) is 18.3 Å². The van der Waals surface area contributed by atoms with Gasteiger partial charge in [0, 0.05) is 45.0 Å². The third kappa shape index (κ3) is 6.19. The molecule has 1 aromatic rings. The number of hydrogen-bond acceptors (Lipinski definition) is 5. The summed E-state index contributed by atoms with van der Waals surface area (Å²) in [7, 11) is 0. The van der Waals surface area contributed by atoms with E-state index < -0.39 is 0 Å². The number of aromatic nitrogens is 1. The average molecular weight is 429 g/mol. The molecule has 0 unspecified atom stereocenters. The Balaban J connectivity index is 1.31. The maximum atomic E-state index is 13.0. The molecule has 1 N–H and O–H groups in total. The van der Waals surface area contributed by atoms with E-state index in [0.717, 1.165) is 51.6 Å². The van der Waals surface area contributed by atoms with Crippen molar-refractivity contribution in [2.45, 2.75) is 64.3 Å². The molecule has 3 fully saturated rings. The van der Waals surface area contributed by atoms with Gasteiger partial charge in [-0.05, 0) is 76.0 Å². The van der Waals surface area contributed by atoms with Gasteiger partial charge >= 0.3 is 0 Å². The number of pyridine rings is 1. The summed E-state index contributed by atoms with van der Waals surface area (Å²) >= 11 is 0. The SMILES string of the molecule is CCOC[C@@H]1CCCN(C[C@@H]2CCCC[C@H]2NC(=O)c2ccc(N3CCCC3)nc2)C1. The van der Waals surface area contributed by atoms with Gasteiger partial charge in [0.25, 0.3) is 5.91 Å². The number of piperidine rings is 1. The molecule has 1 aromatic heterocycles. The second-order valence-electron chi connectivity index (χ2n) is 9.65. The van der Waals surface area contributed by atoms with E-state index in [-0.39, 0.29) is 11.9 Å². The molecular weight excluding hydrogens is 388 g/mol. The first kappa shape index (κ1) is 22.5.